The Morgan fingerprint density at radius 3 is 2.33 bits per heavy atom. The highest BCUT2D eigenvalue weighted by Crippen LogP contribution is 2.07. The van der Waals surface area contributed by atoms with Gasteiger partial charge in [-0.05, 0) is 12.5 Å². The van der Waals surface area contributed by atoms with Crippen LogP contribution in [0.3, 0.4) is 0 Å². The third-order valence-electron chi connectivity index (χ3n) is 2.15. The van der Waals surface area contributed by atoms with Gasteiger partial charge >= 0.3 is 5.97 Å². The van der Waals surface area contributed by atoms with E-state index in [1.807, 2.05) is 51.1 Å². The summed E-state index contributed by atoms with van der Waals surface area (Å²) in [5.74, 6) is -0.179. The number of carbonyl (C=O) groups is 1. The van der Waals surface area contributed by atoms with Crippen LogP contribution in [-0.4, -0.2) is 12.1 Å². The van der Waals surface area contributed by atoms with Crippen LogP contribution < -0.4 is 0 Å². The first-order valence-corrected chi connectivity index (χ1v) is 5.34. The van der Waals surface area contributed by atoms with Crippen molar-refractivity contribution in [2.75, 3.05) is 0 Å². The summed E-state index contributed by atoms with van der Waals surface area (Å²) in [4.78, 5) is 11.3. The largest absolute Gasteiger partial charge is 0.462 e. The molecule has 1 atom stereocenters. The lowest BCUT2D eigenvalue weighted by atomic mass is 10.1. The SMILES string of the molecule is CC(C)C(=O)O[C@@H](C)Cc1ccccc1. The van der Waals surface area contributed by atoms with Crippen molar-refractivity contribution < 1.29 is 9.53 Å². The first-order chi connectivity index (χ1) is 7.09. The zero-order valence-electron chi connectivity index (χ0n) is 9.57. The first-order valence-electron chi connectivity index (χ1n) is 5.34. The van der Waals surface area contributed by atoms with Crippen LogP contribution in [0.4, 0.5) is 0 Å². The third kappa shape index (κ3) is 4.15. The number of rotatable bonds is 4. The van der Waals surface area contributed by atoms with E-state index in [2.05, 4.69) is 0 Å². The van der Waals surface area contributed by atoms with Crippen LogP contribution in [-0.2, 0) is 16.0 Å². The molecule has 0 heterocycles. The summed E-state index contributed by atoms with van der Waals surface area (Å²) in [5, 5.41) is 0. The number of esters is 1. The second-order valence-corrected chi connectivity index (χ2v) is 4.09. The van der Waals surface area contributed by atoms with Gasteiger partial charge in [-0.25, -0.2) is 0 Å². The molecular weight excluding hydrogens is 188 g/mol. The molecule has 0 radical (unpaired) electrons. The Bertz CT molecular complexity index is 304. The average molecular weight is 206 g/mol. The molecule has 0 aliphatic carbocycles. The average Bonchev–Trinajstić information content (AvgIpc) is 2.18. The fourth-order valence-corrected chi connectivity index (χ4v) is 1.32. The minimum atomic E-state index is -0.126. The first kappa shape index (κ1) is 11.8. The second-order valence-electron chi connectivity index (χ2n) is 4.09. The van der Waals surface area contributed by atoms with Crippen LogP contribution in [0.25, 0.3) is 0 Å². The Balaban J connectivity index is 2.43. The lowest BCUT2D eigenvalue weighted by Crippen LogP contribution is -2.20. The van der Waals surface area contributed by atoms with Crippen molar-refractivity contribution in [3.05, 3.63) is 35.9 Å². The molecule has 0 spiro atoms. The summed E-state index contributed by atoms with van der Waals surface area (Å²) in [6, 6.07) is 10.0. The summed E-state index contributed by atoms with van der Waals surface area (Å²) in [5.41, 5.74) is 1.20. The van der Waals surface area contributed by atoms with Gasteiger partial charge in [-0.1, -0.05) is 44.2 Å². The normalized spacial score (nSPS) is 12.5. The lowest BCUT2D eigenvalue weighted by molar-refractivity contribution is -0.151. The Morgan fingerprint density at radius 1 is 1.20 bits per heavy atom. The molecule has 2 heteroatoms. The highest BCUT2D eigenvalue weighted by Gasteiger charge is 2.13. The molecule has 0 bridgehead atoms. The van der Waals surface area contributed by atoms with E-state index in [1.54, 1.807) is 0 Å². The standard InChI is InChI=1S/C13H18O2/c1-10(2)13(14)15-11(3)9-12-7-5-4-6-8-12/h4-8,10-11H,9H2,1-3H3/t11-/m0/s1. The van der Waals surface area contributed by atoms with E-state index in [4.69, 9.17) is 4.74 Å². The number of benzene rings is 1. The van der Waals surface area contributed by atoms with Crippen molar-refractivity contribution >= 4 is 5.97 Å². The van der Waals surface area contributed by atoms with Crippen molar-refractivity contribution in [2.45, 2.75) is 33.3 Å². The fraction of sp³-hybridized carbons (Fsp3) is 0.462. The zero-order valence-corrected chi connectivity index (χ0v) is 9.57. The van der Waals surface area contributed by atoms with Crippen LogP contribution in [0.15, 0.2) is 30.3 Å². The molecule has 15 heavy (non-hydrogen) atoms. The molecule has 0 aromatic heterocycles. The maximum absolute atomic E-state index is 11.3. The molecule has 0 unspecified atom stereocenters. The number of carbonyl (C=O) groups excluding carboxylic acids is 1. The van der Waals surface area contributed by atoms with Crippen LogP contribution in [0.2, 0.25) is 0 Å². The van der Waals surface area contributed by atoms with Gasteiger partial charge < -0.3 is 4.74 Å². The van der Waals surface area contributed by atoms with Crippen LogP contribution in [0.1, 0.15) is 26.3 Å². The van der Waals surface area contributed by atoms with Crippen molar-refractivity contribution in [3.63, 3.8) is 0 Å². The van der Waals surface area contributed by atoms with E-state index in [1.165, 1.54) is 5.56 Å². The Hall–Kier alpha value is -1.31. The molecule has 1 aromatic rings. The smallest absolute Gasteiger partial charge is 0.308 e. The highest BCUT2D eigenvalue weighted by molar-refractivity contribution is 5.71. The number of hydrogen-bond acceptors (Lipinski definition) is 2. The molecular formula is C13H18O2. The molecule has 1 rings (SSSR count). The van der Waals surface area contributed by atoms with E-state index in [-0.39, 0.29) is 18.0 Å². The van der Waals surface area contributed by atoms with Crippen molar-refractivity contribution in [3.8, 4) is 0 Å². The van der Waals surface area contributed by atoms with Gasteiger partial charge in [-0.2, -0.15) is 0 Å². The quantitative estimate of drug-likeness (QED) is 0.708. The van der Waals surface area contributed by atoms with Gasteiger partial charge in [0.1, 0.15) is 6.10 Å². The molecule has 0 aliphatic heterocycles. The molecule has 0 aliphatic rings. The summed E-state index contributed by atoms with van der Waals surface area (Å²) in [7, 11) is 0. The van der Waals surface area contributed by atoms with Gasteiger partial charge in [0.25, 0.3) is 0 Å². The predicted octanol–water partition coefficient (Wildman–Crippen LogP) is 2.82. The van der Waals surface area contributed by atoms with E-state index in [0.717, 1.165) is 6.42 Å². The molecule has 0 fully saturated rings. The molecule has 2 nitrogen and oxygen atoms in total. The summed E-state index contributed by atoms with van der Waals surface area (Å²) in [6.07, 6.45) is 0.724. The van der Waals surface area contributed by atoms with Gasteiger partial charge in [0.15, 0.2) is 0 Å². The van der Waals surface area contributed by atoms with Crippen molar-refractivity contribution in [1.29, 1.82) is 0 Å². The minimum Gasteiger partial charge on any atom is -0.462 e. The predicted molar refractivity (Wildman–Crippen MR) is 60.5 cm³/mol. The maximum Gasteiger partial charge on any atom is 0.308 e. The van der Waals surface area contributed by atoms with Crippen LogP contribution >= 0.6 is 0 Å². The summed E-state index contributed by atoms with van der Waals surface area (Å²) in [6.45, 7) is 5.61. The minimum absolute atomic E-state index is 0.0526. The summed E-state index contributed by atoms with van der Waals surface area (Å²) < 4.78 is 5.28. The number of hydrogen-bond donors (Lipinski definition) is 0. The van der Waals surface area contributed by atoms with Gasteiger partial charge in [0.2, 0.25) is 0 Å². The van der Waals surface area contributed by atoms with Gasteiger partial charge in [-0.15, -0.1) is 0 Å². The topological polar surface area (TPSA) is 26.3 Å². The monoisotopic (exact) mass is 206 g/mol. The molecule has 0 saturated carbocycles. The van der Waals surface area contributed by atoms with Gasteiger partial charge in [0.05, 0.1) is 5.92 Å². The molecule has 1 aromatic carbocycles. The van der Waals surface area contributed by atoms with E-state index in [9.17, 15) is 4.79 Å². The third-order valence-corrected chi connectivity index (χ3v) is 2.15. The van der Waals surface area contributed by atoms with Gasteiger partial charge in [0, 0.05) is 6.42 Å². The van der Waals surface area contributed by atoms with Crippen molar-refractivity contribution in [2.24, 2.45) is 5.92 Å². The van der Waals surface area contributed by atoms with Gasteiger partial charge in [-0.3, -0.25) is 4.79 Å². The molecule has 0 amide bonds. The molecule has 82 valence electrons. The second kappa shape index (κ2) is 5.54. The van der Waals surface area contributed by atoms with Crippen LogP contribution in [0, 0.1) is 5.92 Å². The number of ether oxygens (including phenoxy) is 1. The highest BCUT2D eigenvalue weighted by atomic mass is 16.5. The van der Waals surface area contributed by atoms with E-state index < -0.39 is 0 Å². The molecule has 0 N–H and O–H groups in total. The van der Waals surface area contributed by atoms with E-state index >= 15 is 0 Å². The zero-order chi connectivity index (χ0) is 11.3. The Labute approximate surface area is 91.3 Å². The Kier molecular flexibility index (Phi) is 4.35. The van der Waals surface area contributed by atoms with Crippen molar-refractivity contribution in [1.82, 2.24) is 0 Å². The van der Waals surface area contributed by atoms with E-state index in [0.29, 0.717) is 0 Å². The maximum atomic E-state index is 11.3. The Morgan fingerprint density at radius 2 is 1.80 bits per heavy atom. The fourth-order valence-electron chi connectivity index (χ4n) is 1.32. The molecule has 0 saturated heterocycles. The lowest BCUT2D eigenvalue weighted by Gasteiger charge is -2.14. The van der Waals surface area contributed by atoms with Crippen LogP contribution in [0.5, 0.6) is 0 Å². The summed E-state index contributed by atoms with van der Waals surface area (Å²) >= 11 is 0.